The highest BCUT2D eigenvalue weighted by Gasteiger charge is 2.35. The first-order valence-corrected chi connectivity index (χ1v) is 9.09. The highest BCUT2D eigenvalue weighted by atomic mass is 16.5. The van der Waals surface area contributed by atoms with E-state index in [9.17, 15) is 9.59 Å². The Labute approximate surface area is 159 Å². The van der Waals surface area contributed by atoms with E-state index in [0.717, 1.165) is 34.4 Å². The number of hydrazine groups is 1. The van der Waals surface area contributed by atoms with E-state index in [1.807, 2.05) is 57.2 Å². The number of nitrogens with one attached hydrogen (secondary N) is 1. The Morgan fingerprint density at radius 3 is 2.48 bits per heavy atom. The van der Waals surface area contributed by atoms with Gasteiger partial charge in [-0.25, -0.2) is 5.01 Å². The van der Waals surface area contributed by atoms with Gasteiger partial charge in [-0.1, -0.05) is 31.2 Å². The van der Waals surface area contributed by atoms with Crippen molar-refractivity contribution < 1.29 is 14.3 Å². The van der Waals surface area contributed by atoms with E-state index >= 15 is 0 Å². The van der Waals surface area contributed by atoms with Gasteiger partial charge >= 0.3 is 0 Å². The molecular formula is C22H24N2O3. The van der Waals surface area contributed by atoms with Crippen molar-refractivity contribution >= 4 is 23.6 Å². The highest BCUT2D eigenvalue weighted by Crippen LogP contribution is 2.28. The van der Waals surface area contributed by atoms with Gasteiger partial charge in [0.15, 0.2) is 0 Å². The molecule has 5 heteroatoms. The minimum atomic E-state index is -0.397. The second-order valence-corrected chi connectivity index (χ2v) is 6.68. The summed E-state index contributed by atoms with van der Waals surface area (Å²) in [6.45, 7) is 8.58. The normalized spacial score (nSPS) is 15.4. The Kier molecular flexibility index (Phi) is 5.31. The van der Waals surface area contributed by atoms with Crippen LogP contribution < -0.4 is 15.2 Å². The number of carbonyl (C=O) groups excluding carboxylic acids is 2. The molecule has 3 rings (SSSR count). The zero-order valence-corrected chi connectivity index (χ0v) is 16.1. The Morgan fingerprint density at radius 1 is 1.04 bits per heavy atom. The van der Waals surface area contributed by atoms with E-state index < -0.39 is 5.91 Å². The van der Waals surface area contributed by atoms with Crippen molar-refractivity contribution in [3.8, 4) is 5.75 Å². The summed E-state index contributed by atoms with van der Waals surface area (Å²) in [5.74, 6) is 0.0875. The molecule has 2 aromatic carbocycles. The molecule has 0 saturated carbocycles. The molecule has 1 aliphatic rings. The molecule has 0 atom stereocenters. The van der Waals surface area contributed by atoms with Crippen molar-refractivity contribution in [1.82, 2.24) is 5.43 Å². The predicted molar refractivity (Wildman–Crippen MR) is 106 cm³/mol. The standard InChI is InChI=1S/C22H24N2O3/c1-5-12-27-20-11-10-17(15(3)16(20)4)13-18-21(25)23-24(22(18)26)19-9-7-6-8-14(19)2/h6-11,13H,5,12H2,1-4H3,(H,23,25)/b18-13-. The lowest BCUT2D eigenvalue weighted by atomic mass is 10.00. The first kappa shape index (κ1) is 18.7. The van der Waals surface area contributed by atoms with E-state index in [1.54, 1.807) is 6.08 Å². The number of aryl methyl sites for hydroxylation is 1. The smallest absolute Gasteiger partial charge is 0.282 e. The molecule has 0 spiro atoms. The van der Waals surface area contributed by atoms with Crippen LogP contribution >= 0.6 is 0 Å². The Hall–Kier alpha value is -3.08. The summed E-state index contributed by atoms with van der Waals surface area (Å²) in [7, 11) is 0. The third-order valence-corrected chi connectivity index (χ3v) is 4.79. The molecule has 2 aromatic rings. The van der Waals surface area contributed by atoms with E-state index in [1.165, 1.54) is 5.01 Å². The van der Waals surface area contributed by atoms with Crippen LogP contribution in [-0.4, -0.2) is 18.4 Å². The number of ether oxygens (including phenoxy) is 1. The third kappa shape index (κ3) is 3.58. The van der Waals surface area contributed by atoms with Gasteiger partial charge < -0.3 is 4.74 Å². The van der Waals surface area contributed by atoms with Gasteiger partial charge in [-0.15, -0.1) is 0 Å². The van der Waals surface area contributed by atoms with Crippen molar-refractivity contribution in [1.29, 1.82) is 0 Å². The Balaban J connectivity index is 1.93. The summed E-state index contributed by atoms with van der Waals surface area (Å²) in [4.78, 5) is 25.2. The van der Waals surface area contributed by atoms with Gasteiger partial charge in [0.1, 0.15) is 11.3 Å². The molecule has 0 bridgehead atoms. The fourth-order valence-corrected chi connectivity index (χ4v) is 3.04. The van der Waals surface area contributed by atoms with Crippen molar-refractivity contribution in [3.63, 3.8) is 0 Å². The molecule has 1 fully saturated rings. The number of hydrogen-bond acceptors (Lipinski definition) is 3. The first-order chi connectivity index (χ1) is 12.9. The number of amides is 2. The molecule has 1 N–H and O–H groups in total. The Bertz CT molecular complexity index is 931. The van der Waals surface area contributed by atoms with Crippen molar-refractivity contribution in [3.05, 3.63) is 64.2 Å². The second-order valence-electron chi connectivity index (χ2n) is 6.68. The summed E-state index contributed by atoms with van der Waals surface area (Å²) >= 11 is 0. The lowest BCUT2D eigenvalue weighted by molar-refractivity contribution is -0.117. The van der Waals surface area contributed by atoms with Crippen LogP contribution in [0.1, 0.15) is 35.6 Å². The molecule has 1 heterocycles. The fraction of sp³-hybridized carbons (Fsp3) is 0.273. The molecule has 0 aliphatic carbocycles. The van der Waals surface area contributed by atoms with Gasteiger partial charge in [-0.05, 0) is 67.7 Å². The largest absolute Gasteiger partial charge is 0.493 e. The molecule has 0 unspecified atom stereocenters. The monoisotopic (exact) mass is 364 g/mol. The topological polar surface area (TPSA) is 58.6 Å². The first-order valence-electron chi connectivity index (χ1n) is 9.09. The molecule has 140 valence electrons. The maximum atomic E-state index is 12.8. The van der Waals surface area contributed by atoms with Gasteiger partial charge in [-0.2, -0.15) is 0 Å². The molecule has 1 saturated heterocycles. The maximum absolute atomic E-state index is 12.8. The van der Waals surface area contributed by atoms with Crippen LogP contribution in [0.3, 0.4) is 0 Å². The number of rotatable bonds is 5. The summed E-state index contributed by atoms with van der Waals surface area (Å²) in [5.41, 5.74) is 7.21. The lowest BCUT2D eigenvalue weighted by Gasteiger charge is -2.16. The summed E-state index contributed by atoms with van der Waals surface area (Å²) < 4.78 is 5.75. The predicted octanol–water partition coefficient (Wildman–Crippen LogP) is 3.86. The molecule has 2 amide bonds. The zero-order chi connectivity index (χ0) is 19.6. The van der Waals surface area contributed by atoms with Crippen LogP contribution in [0.2, 0.25) is 0 Å². The SMILES string of the molecule is CCCOc1ccc(/C=C2/C(=O)NN(c3ccccc3C)C2=O)c(C)c1C. The van der Waals surface area contributed by atoms with Crippen LogP contribution in [0.4, 0.5) is 5.69 Å². The van der Waals surface area contributed by atoms with Crippen molar-refractivity contribution in [2.75, 3.05) is 11.6 Å². The van der Waals surface area contributed by atoms with E-state index in [0.29, 0.717) is 12.3 Å². The summed E-state index contributed by atoms with van der Waals surface area (Å²) in [6.07, 6.45) is 2.59. The lowest BCUT2D eigenvalue weighted by Crippen LogP contribution is -2.36. The van der Waals surface area contributed by atoms with Crippen molar-refractivity contribution in [2.45, 2.75) is 34.1 Å². The molecule has 0 aromatic heterocycles. The van der Waals surface area contributed by atoms with Gasteiger partial charge in [0.25, 0.3) is 11.8 Å². The number of hydrogen-bond donors (Lipinski definition) is 1. The van der Waals surface area contributed by atoms with E-state index in [-0.39, 0.29) is 11.5 Å². The van der Waals surface area contributed by atoms with Crippen LogP contribution in [0.5, 0.6) is 5.75 Å². The fourth-order valence-electron chi connectivity index (χ4n) is 3.04. The van der Waals surface area contributed by atoms with Gasteiger partial charge in [0.2, 0.25) is 0 Å². The van der Waals surface area contributed by atoms with Crippen molar-refractivity contribution in [2.24, 2.45) is 0 Å². The van der Waals surface area contributed by atoms with Gasteiger partial charge in [-0.3, -0.25) is 15.0 Å². The minimum absolute atomic E-state index is 0.128. The second kappa shape index (κ2) is 7.66. The van der Waals surface area contributed by atoms with Crippen LogP contribution in [0.25, 0.3) is 6.08 Å². The number of nitrogens with zero attached hydrogens (tertiary/aromatic N) is 1. The molecule has 1 aliphatic heterocycles. The average Bonchev–Trinajstić information content (AvgIpc) is 2.93. The molecule has 5 nitrogen and oxygen atoms in total. The maximum Gasteiger partial charge on any atom is 0.282 e. The van der Waals surface area contributed by atoms with Crippen LogP contribution in [-0.2, 0) is 9.59 Å². The van der Waals surface area contributed by atoms with Crippen LogP contribution in [0.15, 0.2) is 42.0 Å². The van der Waals surface area contributed by atoms with E-state index in [2.05, 4.69) is 12.3 Å². The molecule has 27 heavy (non-hydrogen) atoms. The number of anilines is 1. The highest BCUT2D eigenvalue weighted by molar-refractivity contribution is 6.31. The molecule has 0 radical (unpaired) electrons. The summed E-state index contributed by atoms with van der Waals surface area (Å²) in [6, 6.07) is 11.2. The number of para-hydroxylation sites is 1. The molecular weight excluding hydrogens is 340 g/mol. The van der Waals surface area contributed by atoms with Gasteiger partial charge in [0, 0.05) is 0 Å². The third-order valence-electron chi connectivity index (χ3n) is 4.79. The summed E-state index contributed by atoms with van der Waals surface area (Å²) in [5, 5.41) is 1.31. The minimum Gasteiger partial charge on any atom is -0.493 e. The van der Waals surface area contributed by atoms with Gasteiger partial charge in [0.05, 0.1) is 12.3 Å². The number of benzene rings is 2. The average molecular weight is 364 g/mol. The van der Waals surface area contributed by atoms with Crippen LogP contribution in [0, 0.1) is 20.8 Å². The number of carbonyl (C=O) groups is 2. The van der Waals surface area contributed by atoms with E-state index in [4.69, 9.17) is 4.74 Å². The quantitative estimate of drug-likeness (QED) is 0.647. The Morgan fingerprint density at radius 2 is 1.78 bits per heavy atom. The zero-order valence-electron chi connectivity index (χ0n) is 16.1.